The van der Waals surface area contributed by atoms with Crippen molar-refractivity contribution in [3.63, 3.8) is 0 Å². The lowest BCUT2D eigenvalue weighted by atomic mass is 10.1. The fourth-order valence-electron chi connectivity index (χ4n) is 2.52. The summed E-state index contributed by atoms with van der Waals surface area (Å²) in [6, 6.07) is 6.95. The van der Waals surface area contributed by atoms with Crippen LogP contribution < -0.4 is 5.32 Å². The molecule has 1 aromatic carbocycles. The number of benzene rings is 1. The molecule has 2 aromatic heterocycles. The highest BCUT2D eigenvalue weighted by atomic mass is 32.2. The van der Waals surface area contributed by atoms with Gasteiger partial charge in [0, 0.05) is 21.5 Å². The lowest BCUT2D eigenvalue weighted by molar-refractivity contribution is -0.115. The molecule has 2 heterocycles. The van der Waals surface area contributed by atoms with Gasteiger partial charge in [-0.1, -0.05) is 23.9 Å². The molecule has 0 aliphatic heterocycles. The van der Waals surface area contributed by atoms with E-state index in [0.29, 0.717) is 11.3 Å². The Hall–Kier alpha value is -2.25. The summed E-state index contributed by atoms with van der Waals surface area (Å²) in [4.78, 5) is 34.9. The maximum atomic E-state index is 12.6. The highest BCUT2D eigenvalue weighted by molar-refractivity contribution is 8.00. The van der Waals surface area contributed by atoms with Gasteiger partial charge in [0.1, 0.15) is 16.2 Å². The molecule has 0 aliphatic carbocycles. The van der Waals surface area contributed by atoms with Gasteiger partial charge in [0.15, 0.2) is 5.78 Å². The van der Waals surface area contributed by atoms with Crippen molar-refractivity contribution >= 4 is 50.7 Å². The van der Waals surface area contributed by atoms with Crippen molar-refractivity contribution in [2.24, 2.45) is 0 Å². The van der Waals surface area contributed by atoms with Gasteiger partial charge in [-0.3, -0.25) is 9.59 Å². The van der Waals surface area contributed by atoms with Crippen LogP contribution in [0.1, 0.15) is 34.6 Å². The highest BCUT2D eigenvalue weighted by Crippen LogP contribution is 2.36. The lowest BCUT2D eigenvalue weighted by Gasteiger charge is -2.12. The molecule has 0 aliphatic rings. The van der Waals surface area contributed by atoms with E-state index in [1.54, 1.807) is 41.9 Å². The number of nitrogens with zero attached hydrogens (tertiary/aromatic N) is 2. The summed E-state index contributed by atoms with van der Waals surface area (Å²) in [5.74, 6) is -0.165. The highest BCUT2D eigenvalue weighted by Gasteiger charge is 2.19. The van der Waals surface area contributed by atoms with Gasteiger partial charge in [-0.2, -0.15) is 0 Å². The molecule has 26 heavy (non-hydrogen) atoms. The summed E-state index contributed by atoms with van der Waals surface area (Å²) >= 11 is 3.05. The van der Waals surface area contributed by atoms with E-state index >= 15 is 0 Å². The SMILES string of the molecule is CC(=O)c1cccc(NC(=O)C(C)Sc2ncnc3sc(C)c(C)c23)c1. The predicted octanol–water partition coefficient (Wildman–Crippen LogP) is 4.63. The number of thiophene rings is 1. The average molecular weight is 386 g/mol. The van der Waals surface area contributed by atoms with Gasteiger partial charge in [0.05, 0.1) is 5.25 Å². The standard InChI is InChI=1S/C19H19N3O2S2/c1-10-12(3)25-18-16(10)19(21-9-20-18)26-13(4)17(24)22-15-7-5-6-14(8-15)11(2)23/h5-9,13H,1-4H3,(H,22,24). The van der Waals surface area contributed by atoms with Crippen LogP contribution in [-0.4, -0.2) is 26.9 Å². The Morgan fingerprint density at radius 1 is 1.23 bits per heavy atom. The maximum Gasteiger partial charge on any atom is 0.237 e. The van der Waals surface area contributed by atoms with E-state index in [1.165, 1.54) is 23.6 Å². The number of Topliss-reactive ketones (excluding diaryl/α,β-unsaturated/α-hetero) is 1. The molecule has 0 saturated heterocycles. The third-order valence-electron chi connectivity index (χ3n) is 4.12. The molecule has 7 heteroatoms. The number of hydrogen-bond donors (Lipinski definition) is 1. The number of hydrogen-bond acceptors (Lipinski definition) is 6. The van der Waals surface area contributed by atoms with E-state index < -0.39 is 0 Å². The smallest absolute Gasteiger partial charge is 0.237 e. The van der Waals surface area contributed by atoms with Crippen LogP contribution in [0.3, 0.4) is 0 Å². The largest absolute Gasteiger partial charge is 0.325 e. The molecule has 0 saturated carbocycles. The molecule has 0 bridgehead atoms. The first-order chi connectivity index (χ1) is 12.4. The summed E-state index contributed by atoms with van der Waals surface area (Å²) in [6.07, 6.45) is 1.54. The van der Waals surface area contributed by atoms with Crippen LogP contribution in [-0.2, 0) is 4.79 Å². The minimum Gasteiger partial charge on any atom is -0.325 e. The fourth-order valence-corrected chi connectivity index (χ4v) is 4.56. The summed E-state index contributed by atoms with van der Waals surface area (Å²) in [7, 11) is 0. The number of rotatable bonds is 5. The third kappa shape index (κ3) is 3.78. The number of carbonyl (C=O) groups excluding carboxylic acids is 2. The molecule has 3 rings (SSSR count). The van der Waals surface area contributed by atoms with Crippen LogP contribution in [0.25, 0.3) is 10.2 Å². The van der Waals surface area contributed by atoms with Crippen LogP contribution in [0.15, 0.2) is 35.6 Å². The van der Waals surface area contributed by atoms with E-state index in [-0.39, 0.29) is 16.9 Å². The Kier molecular flexibility index (Phi) is 5.38. The first-order valence-corrected chi connectivity index (χ1v) is 9.85. The molecule has 1 N–H and O–H groups in total. The summed E-state index contributed by atoms with van der Waals surface area (Å²) in [5, 5.41) is 4.38. The topological polar surface area (TPSA) is 72.0 Å². The minimum absolute atomic E-state index is 0.0322. The number of aromatic nitrogens is 2. The molecule has 0 spiro atoms. The number of aryl methyl sites for hydroxylation is 2. The van der Waals surface area contributed by atoms with Crippen molar-refractivity contribution < 1.29 is 9.59 Å². The van der Waals surface area contributed by atoms with E-state index in [1.807, 2.05) is 6.92 Å². The van der Waals surface area contributed by atoms with Gasteiger partial charge in [0.2, 0.25) is 5.91 Å². The van der Waals surface area contributed by atoms with Crippen LogP contribution in [0.2, 0.25) is 0 Å². The number of carbonyl (C=O) groups is 2. The maximum absolute atomic E-state index is 12.6. The predicted molar refractivity (Wildman–Crippen MR) is 107 cm³/mol. The molecule has 0 radical (unpaired) electrons. The van der Waals surface area contributed by atoms with Gasteiger partial charge in [-0.05, 0) is 45.4 Å². The second-order valence-corrected chi connectivity index (χ2v) is 8.56. The monoisotopic (exact) mass is 385 g/mol. The third-order valence-corrected chi connectivity index (χ3v) is 6.34. The zero-order valence-electron chi connectivity index (χ0n) is 15.0. The summed E-state index contributed by atoms with van der Waals surface area (Å²) in [6.45, 7) is 7.47. The minimum atomic E-state index is -0.339. The molecular weight excluding hydrogens is 366 g/mol. The van der Waals surface area contributed by atoms with Gasteiger partial charge in [-0.25, -0.2) is 9.97 Å². The summed E-state index contributed by atoms with van der Waals surface area (Å²) < 4.78 is 0. The van der Waals surface area contributed by atoms with Gasteiger partial charge < -0.3 is 5.32 Å². The molecule has 3 aromatic rings. The zero-order chi connectivity index (χ0) is 18.8. The number of fused-ring (bicyclic) bond motifs is 1. The Morgan fingerprint density at radius 2 is 2.00 bits per heavy atom. The van der Waals surface area contributed by atoms with Crippen LogP contribution in [0.5, 0.6) is 0 Å². The molecular formula is C19H19N3O2S2. The second kappa shape index (κ2) is 7.55. The lowest BCUT2D eigenvalue weighted by Crippen LogP contribution is -2.22. The number of amides is 1. The van der Waals surface area contributed by atoms with E-state index in [0.717, 1.165) is 20.8 Å². The van der Waals surface area contributed by atoms with Crippen molar-refractivity contribution in [3.05, 3.63) is 46.6 Å². The van der Waals surface area contributed by atoms with Crippen molar-refractivity contribution in [2.75, 3.05) is 5.32 Å². The number of ketones is 1. The molecule has 0 fully saturated rings. The molecule has 1 amide bonds. The number of thioether (sulfide) groups is 1. The Morgan fingerprint density at radius 3 is 2.73 bits per heavy atom. The van der Waals surface area contributed by atoms with Crippen molar-refractivity contribution in [1.29, 1.82) is 0 Å². The Balaban J connectivity index is 1.78. The van der Waals surface area contributed by atoms with E-state index in [9.17, 15) is 9.59 Å². The van der Waals surface area contributed by atoms with E-state index in [2.05, 4.69) is 29.1 Å². The first-order valence-electron chi connectivity index (χ1n) is 8.16. The number of anilines is 1. The molecule has 1 unspecified atom stereocenters. The molecule has 134 valence electrons. The quantitative estimate of drug-likeness (QED) is 0.394. The fraction of sp³-hybridized carbons (Fsp3) is 0.263. The molecule has 5 nitrogen and oxygen atoms in total. The Bertz CT molecular complexity index is 998. The van der Waals surface area contributed by atoms with Crippen LogP contribution in [0, 0.1) is 13.8 Å². The van der Waals surface area contributed by atoms with Gasteiger partial charge in [-0.15, -0.1) is 11.3 Å². The van der Waals surface area contributed by atoms with E-state index in [4.69, 9.17) is 0 Å². The average Bonchev–Trinajstić information content (AvgIpc) is 2.90. The van der Waals surface area contributed by atoms with Crippen molar-refractivity contribution in [2.45, 2.75) is 38.0 Å². The normalized spacial score (nSPS) is 12.2. The van der Waals surface area contributed by atoms with Crippen LogP contribution in [0.4, 0.5) is 5.69 Å². The van der Waals surface area contributed by atoms with Crippen molar-refractivity contribution in [1.82, 2.24) is 9.97 Å². The van der Waals surface area contributed by atoms with Gasteiger partial charge >= 0.3 is 0 Å². The number of nitrogens with one attached hydrogen (secondary N) is 1. The molecule has 1 atom stereocenters. The van der Waals surface area contributed by atoms with Gasteiger partial charge in [0.25, 0.3) is 0 Å². The first kappa shape index (κ1) is 18.5. The zero-order valence-corrected chi connectivity index (χ0v) is 16.6. The Labute approximate surface area is 160 Å². The van der Waals surface area contributed by atoms with Crippen LogP contribution >= 0.6 is 23.1 Å². The second-order valence-electron chi connectivity index (χ2n) is 6.03. The van der Waals surface area contributed by atoms with Crippen molar-refractivity contribution in [3.8, 4) is 0 Å². The summed E-state index contributed by atoms with van der Waals surface area (Å²) in [5.41, 5.74) is 2.35.